The normalized spacial score (nSPS) is 10.4. The SMILES string of the molecule is CC(C)CC(=O)NCCOc1ccccc1Cl. The highest BCUT2D eigenvalue weighted by Gasteiger charge is 2.04. The molecule has 0 aliphatic rings. The molecule has 0 heterocycles. The van der Waals surface area contributed by atoms with Gasteiger partial charge >= 0.3 is 0 Å². The van der Waals surface area contributed by atoms with Gasteiger partial charge in [0.15, 0.2) is 0 Å². The number of carbonyl (C=O) groups excluding carboxylic acids is 1. The van der Waals surface area contributed by atoms with Crippen molar-refractivity contribution in [2.45, 2.75) is 20.3 Å². The van der Waals surface area contributed by atoms with Gasteiger partial charge in [0.05, 0.1) is 11.6 Å². The van der Waals surface area contributed by atoms with Crippen LogP contribution in [0.1, 0.15) is 20.3 Å². The molecule has 0 aromatic heterocycles. The smallest absolute Gasteiger partial charge is 0.220 e. The van der Waals surface area contributed by atoms with Gasteiger partial charge in [-0.15, -0.1) is 0 Å². The second-order valence-corrected chi connectivity index (χ2v) is 4.63. The van der Waals surface area contributed by atoms with Crippen molar-refractivity contribution >= 4 is 17.5 Å². The summed E-state index contributed by atoms with van der Waals surface area (Å²) in [5.74, 6) is 1.08. The number of halogens is 1. The molecule has 1 N–H and O–H groups in total. The highest BCUT2D eigenvalue weighted by atomic mass is 35.5. The lowest BCUT2D eigenvalue weighted by Crippen LogP contribution is -2.28. The van der Waals surface area contributed by atoms with E-state index in [-0.39, 0.29) is 5.91 Å². The van der Waals surface area contributed by atoms with Gasteiger partial charge in [-0.2, -0.15) is 0 Å². The Morgan fingerprint density at radius 2 is 2.12 bits per heavy atom. The fourth-order valence-electron chi connectivity index (χ4n) is 1.36. The Balaban J connectivity index is 2.21. The zero-order valence-electron chi connectivity index (χ0n) is 10.2. The molecule has 0 radical (unpaired) electrons. The van der Waals surface area contributed by atoms with Crippen molar-refractivity contribution in [2.75, 3.05) is 13.2 Å². The van der Waals surface area contributed by atoms with Crippen molar-refractivity contribution < 1.29 is 9.53 Å². The molecule has 0 saturated heterocycles. The van der Waals surface area contributed by atoms with Crippen molar-refractivity contribution in [1.29, 1.82) is 0 Å². The van der Waals surface area contributed by atoms with E-state index < -0.39 is 0 Å². The van der Waals surface area contributed by atoms with E-state index in [1.54, 1.807) is 12.1 Å². The van der Waals surface area contributed by atoms with Gasteiger partial charge in [-0.1, -0.05) is 37.6 Å². The predicted molar refractivity (Wildman–Crippen MR) is 69.4 cm³/mol. The number of amides is 1. The van der Waals surface area contributed by atoms with Gasteiger partial charge in [0.25, 0.3) is 0 Å². The van der Waals surface area contributed by atoms with Crippen LogP contribution in [0.25, 0.3) is 0 Å². The molecule has 17 heavy (non-hydrogen) atoms. The summed E-state index contributed by atoms with van der Waals surface area (Å²) in [5.41, 5.74) is 0. The molecule has 1 amide bonds. The van der Waals surface area contributed by atoms with Crippen LogP contribution in [0.5, 0.6) is 5.75 Å². The topological polar surface area (TPSA) is 38.3 Å². The lowest BCUT2D eigenvalue weighted by atomic mass is 10.1. The van der Waals surface area contributed by atoms with Gasteiger partial charge in [0.2, 0.25) is 5.91 Å². The molecule has 1 aromatic carbocycles. The van der Waals surface area contributed by atoms with E-state index in [1.807, 2.05) is 26.0 Å². The van der Waals surface area contributed by atoms with Crippen LogP contribution in [0.3, 0.4) is 0 Å². The number of rotatable bonds is 6. The summed E-state index contributed by atoms with van der Waals surface area (Å²) in [4.78, 5) is 11.3. The molecule has 0 aliphatic carbocycles. The molecule has 0 spiro atoms. The first-order valence-corrected chi connectivity index (χ1v) is 6.11. The number of para-hydroxylation sites is 1. The molecule has 0 atom stereocenters. The average molecular weight is 256 g/mol. The molecule has 3 nitrogen and oxygen atoms in total. The number of benzene rings is 1. The first-order chi connectivity index (χ1) is 8.09. The van der Waals surface area contributed by atoms with Crippen molar-refractivity contribution in [2.24, 2.45) is 5.92 Å². The molecular weight excluding hydrogens is 238 g/mol. The van der Waals surface area contributed by atoms with Crippen LogP contribution >= 0.6 is 11.6 Å². The van der Waals surface area contributed by atoms with E-state index in [2.05, 4.69) is 5.32 Å². The maximum absolute atomic E-state index is 11.3. The summed E-state index contributed by atoms with van der Waals surface area (Å²) in [6.07, 6.45) is 0.548. The molecule has 1 rings (SSSR count). The fourth-order valence-corrected chi connectivity index (χ4v) is 1.55. The Morgan fingerprint density at radius 1 is 1.41 bits per heavy atom. The van der Waals surface area contributed by atoms with E-state index >= 15 is 0 Å². The molecule has 0 unspecified atom stereocenters. The van der Waals surface area contributed by atoms with Crippen LogP contribution in [0, 0.1) is 5.92 Å². The Labute approximate surface area is 107 Å². The highest BCUT2D eigenvalue weighted by Crippen LogP contribution is 2.22. The van der Waals surface area contributed by atoms with Gasteiger partial charge in [-0.05, 0) is 18.1 Å². The number of ether oxygens (including phenoxy) is 1. The summed E-state index contributed by atoms with van der Waals surface area (Å²) in [7, 11) is 0. The van der Waals surface area contributed by atoms with Gasteiger partial charge in [-0.3, -0.25) is 4.79 Å². The summed E-state index contributed by atoms with van der Waals surface area (Å²) < 4.78 is 5.45. The molecule has 1 aromatic rings. The Morgan fingerprint density at radius 3 is 2.76 bits per heavy atom. The van der Waals surface area contributed by atoms with Crippen LogP contribution in [-0.2, 0) is 4.79 Å². The maximum atomic E-state index is 11.3. The molecule has 0 bridgehead atoms. The van der Waals surface area contributed by atoms with Gasteiger partial charge in [0.1, 0.15) is 12.4 Å². The second kappa shape index (κ2) is 7.17. The minimum absolute atomic E-state index is 0.0581. The number of carbonyl (C=O) groups is 1. The minimum Gasteiger partial charge on any atom is -0.490 e. The largest absolute Gasteiger partial charge is 0.490 e. The summed E-state index contributed by atoms with van der Waals surface area (Å²) in [5, 5.41) is 3.38. The van der Waals surface area contributed by atoms with Crippen molar-refractivity contribution in [3.63, 3.8) is 0 Å². The van der Waals surface area contributed by atoms with Crippen molar-refractivity contribution in [1.82, 2.24) is 5.32 Å². The van der Waals surface area contributed by atoms with Crippen LogP contribution in [-0.4, -0.2) is 19.1 Å². The highest BCUT2D eigenvalue weighted by molar-refractivity contribution is 6.32. The van der Waals surface area contributed by atoms with Crippen molar-refractivity contribution in [3.05, 3.63) is 29.3 Å². The number of hydrogen-bond acceptors (Lipinski definition) is 2. The molecule has 0 saturated carbocycles. The monoisotopic (exact) mass is 255 g/mol. The van der Waals surface area contributed by atoms with Crippen molar-refractivity contribution in [3.8, 4) is 5.75 Å². The third-order valence-electron chi connectivity index (χ3n) is 2.11. The van der Waals surface area contributed by atoms with Crippen LogP contribution in [0.15, 0.2) is 24.3 Å². The van der Waals surface area contributed by atoms with E-state index in [0.29, 0.717) is 36.3 Å². The zero-order valence-corrected chi connectivity index (χ0v) is 11.0. The summed E-state index contributed by atoms with van der Waals surface area (Å²) >= 11 is 5.92. The average Bonchev–Trinajstić information content (AvgIpc) is 2.25. The Hall–Kier alpha value is -1.22. The van der Waals surface area contributed by atoms with E-state index in [0.717, 1.165) is 0 Å². The summed E-state index contributed by atoms with van der Waals surface area (Å²) in [6.45, 7) is 4.95. The maximum Gasteiger partial charge on any atom is 0.220 e. The first-order valence-electron chi connectivity index (χ1n) is 5.73. The van der Waals surface area contributed by atoms with E-state index in [9.17, 15) is 4.79 Å². The van der Waals surface area contributed by atoms with E-state index in [4.69, 9.17) is 16.3 Å². The van der Waals surface area contributed by atoms with Gasteiger partial charge in [0, 0.05) is 6.42 Å². The lowest BCUT2D eigenvalue weighted by Gasteiger charge is -2.09. The third kappa shape index (κ3) is 5.59. The lowest BCUT2D eigenvalue weighted by molar-refractivity contribution is -0.121. The van der Waals surface area contributed by atoms with Gasteiger partial charge < -0.3 is 10.1 Å². The molecule has 4 heteroatoms. The number of hydrogen-bond donors (Lipinski definition) is 1. The standard InChI is InChI=1S/C13H18ClNO2/c1-10(2)9-13(16)15-7-8-17-12-6-4-3-5-11(12)14/h3-6,10H,7-9H2,1-2H3,(H,15,16). The summed E-state index contributed by atoms with van der Waals surface area (Å²) in [6, 6.07) is 7.28. The Kier molecular flexibility index (Phi) is 5.84. The molecule has 0 aliphatic heterocycles. The number of nitrogens with one attached hydrogen (secondary N) is 1. The zero-order chi connectivity index (χ0) is 12.7. The molecule has 0 fully saturated rings. The van der Waals surface area contributed by atoms with Gasteiger partial charge in [-0.25, -0.2) is 0 Å². The third-order valence-corrected chi connectivity index (χ3v) is 2.42. The quantitative estimate of drug-likeness (QED) is 0.794. The minimum atomic E-state index is 0.0581. The van der Waals surface area contributed by atoms with Crippen LogP contribution in [0.2, 0.25) is 5.02 Å². The van der Waals surface area contributed by atoms with E-state index in [1.165, 1.54) is 0 Å². The molecular formula is C13H18ClNO2. The fraction of sp³-hybridized carbons (Fsp3) is 0.462. The van der Waals surface area contributed by atoms with Crippen LogP contribution < -0.4 is 10.1 Å². The Bertz CT molecular complexity index is 366. The first kappa shape index (κ1) is 13.8. The second-order valence-electron chi connectivity index (χ2n) is 4.23. The predicted octanol–water partition coefficient (Wildman–Crippen LogP) is 2.88. The van der Waals surface area contributed by atoms with Crippen LogP contribution in [0.4, 0.5) is 0 Å². The molecule has 94 valence electrons.